The number of amides is 1. The average Bonchev–Trinajstić information content (AvgIpc) is 2.62. The zero-order valence-corrected chi connectivity index (χ0v) is 14.5. The minimum absolute atomic E-state index is 0.256. The Labute approximate surface area is 150 Å². The lowest BCUT2D eigenvalue weighted by Gasteiger charge is -2.11. The predicted molar refractivity (Wildman–Crippen MR) is 95.8 cm³/mol. The number of halogens is 1. The summed E-state index contributed by atoms with van der Waals surface area (Å²) >= 11 is 5.99. The normalized spacial score (nSPS) is 10.2. The van der Waals surface area contributed by atoms with Gasteiger partial charge in [0.2, 0.25) is 0 Å². The number of esters is 1. The maximum Gasteiger partial charge on any atom is 0.306 e. The van der Waals surface area contributed by atoms with Gasteiger partial charge in [-0.1, -0.05) is 48.9 Å². The van der Waals surface area contributed by atoms with Crippen LogP contribution in [0.5, 0.6) is 0 Å². The van der Waals surface area contributed by atoms with Gasteiger partial charge in [-0.3, -0.25) is 14.4 Å². The molecule has 0 heterocycles. The van der Waals surface area contributed by atoms with Crippen molar-refractivity contribution in [1.29, 1.82) is 0 Å². The van der Waals surface area contributed by atoms with Crippen molar-refractivity contribution in [3.8, 4) is 0 Å². The van der Waals surface area contributed by atoms with Crippen LogP contribution in [-0.2, 0) is 14.3 Å². The van der Waals surface area contributed by atoms with Crippen LogP contribution < -0.4 is 5.32 Å². The Bertz CT molecular complexity index is 774. The van der Waals surface area contributed by atoms with Crippen molar-refractivity contribution in [2.45, 2.75) is 19.8 Å². The quantitative estimate of drug-likeness (QED) is 0.602. The number of ketones is 1. The molecular weight excluding hydrogens is 342 g/mol. The molecule has 0 aliphatic rings. The van der Waals surface area contributed by atoms with Gasteiger partial charge in [-0.05, 0) is 24.6 Å². The van der Waals surface area contributed by atoms with E-state index in [4.69, 9.17) is 16.3 Å². The molecule has 0 atom stereocenters. The van der Waals surface area contributed by atoms with E-state index in [2.05, 4.69) is 5.32 Å². The summed E-state index contributed by atoms with van der Waals surface area (Å²) in [6.45, 7) is 1.44. The van der Waals surface area contributed by atoms with Gasteiger partial charge >= 0.3 is 5.97 Å². The summed E-state index contributed by atoms with van der Waals surface area (Å²) < 4.78 is 4.86. The largest absolute Gasteiger partial charge is 0.456 e. The van der Waals surface area contributed by atoms with Crippen molar-refractivity contribution in [3.63, 3.8) is 0 Å². The summed E-state index contributed by atoms with van der Waals surface area (Å²) in [5.74, 6) is -1.22. The second kappa shape index (κ2) is 8.99. The zero-order valence-electron chi connectivity index (χ0n) is 13.8. The molecule has 0 radical (unpaired) electrons. The van der Waals surface area contributed by atoms with Gasteiger partial charge < -0.3 is 10.1 Å². The van der Waals surface area contributed by atoms with Crippen LogP contribution >= 0.6 is 11.6 Å². The Hall–Kier alpha value is -2.66. The molecule has 5 nitrogen and oxygen atoms in total. The SMILES string of the molecule is CCCC(=O)OCC(=O)Nc1ccc(Cl)cc1C(=O)c1ccccc1. The van der Waals surface area contributed by atoms with Crippen molar-refractivity contribution in [2.24, 2.45) is 0 Å². The fraction of sp³-hybridized carbons (Fsp3) is 0.211. The van der Waals surface area contributed by atoms with E-state index in [0.717, 1.165) is 0 Å². The molecule has 0 aliphatic heterocycles. The third-order valence-electron chi connectivity index (χ3n) is 3.35. The number of ether oxygens (including phenoxy) is 1. The van der Waals surface area contributed by atoms with Crippen molar-refractivity contribution in [1.82, 2.24) is 0 Å². The fourth-order valence-electron chi connectivity index (χ4n) is 2.17. The number of carbonyl (C=O) groups is 3. The summed E-state index contributed by atoms with van der Waals surface area (Å²) in [6, 6.07) is 13.3. The van der Waals surface area contributed by atoms with Gasteiger partial charge in [0.15, 0.2) is 12.4 Å². The monoisotopic (exact) mass is 359 g/mol. The van der Waals surface area contributed by atoms with Gasteiger partial charge in [-0.2, -0.15) is 0 Å². The molecule has 0 fully saturated rings. The number of nitrogens with one attached hydrogen (secondary N) is 1. The topological polar surface area (TPSA) is 72.5 Å². The van der Waals surface area contributed by atoms with Crippen LogP contribution in [0.15, 0.2) is 48.5 Å². The first-order valence-electron chi connectivity index (χ1n) is 7.86. The van der Waals surface area contributed by atoms with Crippen molar-refractivity contribution in [3.05, 3.63) is 64.7 Å². The van der Waals surface area contributed by atoms with Gasteiger partial charge in [0, 0.05) is 22.6 Å². The zero-order chi connectivity index (χ0) is 18.2. The van der Waals surface area contributed by atoms with Crippen molar-refractivity contribution >= 4 is 34.9 Å². The molecule has 0 spiro atoms. The highest BCUT2D eigenvalue weighted by atomic mass is 35.5. The predicted octanol–water partition coefficient (Wildman–Crippen LogP) is 3.85. The molecule has 0 saturated carbocycles. The molecule has 0 aromatic heterocycles. The average molecular weight is 360 g/mol. The van der Waals surface area contributed by atoms with E-state index in [1.165, 1.54) is 6.07 Å². The Morgan fingerprint density at radius 1 is 1.08 bits per heavy atom. The van der Waals surface area contributed by atoms with Crippen LogP contribution in [0, 0.1) is 0 Å². The molecular formula is C19H18ClNO4. The number of hydrogen-bond donors (Lipinski definition) is 1. The van der Waals surface area contributed by atoms with E-state index >= 15 is 0 Å². The van der Waals surface area contributed by atoms with E-state index < -0.39 is 18.5 Å². The number of rotatable bonds is 7. The molecule has 0 saturated heterocycles. The highest BCUT2D eigenvalue weighted by molar-refractivity contribution is 6.31. The summed E-state index contributed by atoms with van der Waals surface area (Å²) in [5.41, 5.74) is 1.07. The molecule has 6 heteroatoms. The minimum Gasteiger partial charge on any atom is -0.456 e. The number of benzene rings is 2. The Morgan fingerprint density at radius 3 is 2.48 bits per heavy atom. The Kier molecular flexibility index (Phi) is 6.71. The Morgan fingerprint density at radius 2 is 1.80 bits per heavy atom. The number of hydrogen-bond acceptors (Lipinski definition) is 4. The van der Waals surface area contributed by atoms with Gasteiger partial charge in [-0.15, -0.1) is 0 Å². The third-order valence-corrected chi connectivity index (χ3v) is 3.59. The molecule has 2 aromatic rings. The van der Waals surface area contributed by atoms with Crippen LogP contribution in [-0.4, -0.2) is 24.3 Å². The second-order valence-electron chi connectivity index (χ2n) is 5.34. The van der Waals surface area contributed by atoms with Gasteiger partial charge in [-0.25, -0.2) is 0 Å². The second-order valence-corrected chi connectivity index (χ2v) is 5.78. The first kappa shape index (κ1) is 18.7. The molecule has 130 valence electrons. The molecule has 1 N–H and O–H groups in total. The molecule has 0 unspecified atom stereocenters. The molecule has 25 heavy (non-hydrogen) atoms. The van der Waals surface area contributed by atoms with E-state index in [1.807, 2.05) is 13.0 Å². The highest BCUT2D eigenvalue weighted by Gasteiger charge is 2.16. The van der Waals surface area contributed by atoms with E-state index in [9.17, 15) is 14.4 Å². The molecule has 0 aliphatic carbocycles. The third kappa shape index (κ3) is 5.43. The molecule has 2 rings (SSSR count). The maximum atomic E-state index is 12.7. The lowest BCUT2D eigenvalue weighted by molar-refractivity contribution is -0.147. The van der Waals surface area contributed by atoms with Gasteiger partial charge in [0.1, 0.15) is 0 Å². The maximum absolute atomic E-state index is 12.7. The van der Waals surface area contributed by atoms with Gasteiger partial charge in [0.05, 0.1) is 5.69 Å². The van der Waals surface area contributed by atoms with Crippen molar-refractivity contribution < 1.29 is 19.1 Å². The smallest absolute Gasteiger partial charge is 0.306 e. The summed E-state index contributed by atoms with van der Waals surface area (Å²) in [7, 11) is 0. The van der Waals surface area contributed by atoms with Gasteiger partial charge in [0.25, 0.3) is 5.91 Å². The van der Waals surface area contributed by atoms with Crippen molar-refractivity contribution in [2.75, 3.05) is 11.9 Å². The van der Waals surface area contributed by atoms with Crippen LogP contribution in [0.4, 0.5) is 5.69 Å². The first-order valence-corrected chi connectivity index (χ1v) is 8.24. The highest BCUT2D eigenvalue weighted by Crippen LogP contribution is 2.23. The number of carbonyl (C=O) groups excluding carboxylic acids is 3. The Balaban J connectivity index is 2.14. The van der Waals surface area contributed by atoms with Crippen LogP contribution in [0.2, 0.25) is 5.02 Å². The minimum atomic E-state index is -0.520. The molecule has 0 bridgehead atoms. The van der Waals surface area contributed by atoms with E-state index in [-0.39, 0.29) is 17.8 Å². The van der Waals surface area contributed by atoms with Crippen LogP contribution in [0.3, 0.4) is 0 Å². The van der Waals surface area contributed by atoms with Crippen LogP contribution in [0.25, 0.3) is 0 Å². The fourth-order valence-corrected chi connectivity index (χ4v) is 2.34. The first-order chi connectivity index (χ1) is 12.0. The standard InChI is InChI=1S/C19H18ClNO4/c1-2-6-18(23)25-12-17(22)21-16-10-9-14(20)11-15(16)19(24)13-7-4-3-5-8-13/h3-5,7-11H,2,6,12H2,1H3,(H,21,22). The summed E-state index contributed by atoms with van der Waals surface area (Å²) in [5, 5.41) is 2.97. The lowest BCUT2D eigenvalue weighted by atomic mass is 10.0. The van der Waals surface area contributed by atoms with Crippen LogP contribution in [0.1, 0.15) is 35.7 Å². The lowest BCUT2D eigenvalue weighted by Crippen LogP contribution is -2.22. The van der Waals surface area contributed by atoms with E-state index in [0.29, 0.717) is 22.7 Å². The summed E-state index contributed by atoms with van der Waals surface area (Å²) in [4.78, 5) is 36.0. The molecule has 2 aromatic carbocycles. The summed E-state index contributed by atoms with van der Waals surface area (Å²) in [6.07, 6.45) is 0.902. The molecule has 1 amide bonds. The van der Waals surface area contributed by atoms with E-state index in [1.54, 1.807) is 36.4 Å². The number of anilines is 1.